The van der Waals surface area contributed by atoms with E-state index in [1.165, 1.54) is 12.1 Å². The monoisotopic (exact) mass is 274 g/mol. The van der Waals surface area contributed by atoms with Gasteiger partial charge in [-0.2, -0.15) is 0 Å². The summed E-state index contributed by atoms with van der Waals surface area (Å²) >= 11 is 9.09. The van der Waals surface area contributed by atoms with Gasteiger partial charge in [-0.05, 0) is 35.0 Å². The third kappa shape index (κ3) is 1.60. The van der Waals surface area contributed by atoms with E-state index in [1.807, 2.05) is 0 Å². The Morgan fingerprint density at radius 2 is 2.07 bits per heavy atom. The van der Waals surface area contributed by atoms with Crippen LogP contribution in [0.4, 0.5) is 4.39 Å². The van der Waals surface area contributed by atoms with E-state index in [4.69, 9.17) is 11.6 Å². The highest BCUT2D eigenvalue weighted by Gasteiger charge is 2.08. The molecule has 0 saturated carbocycles. The summed E-state index contributed by atoms with van der Waals surface area (Å²) in [6.45, 7) is 1.75. The van der Waals surface area contributed by atoms with Crippen molar-refractivity contribution in [1.82, 2.24) is 9.97 Å². The van der Waals surface area contributed by atoms with E-state index in [9.17, 15) is 4.39 Å². The van der Waals surface area contributed by atoms with E-state index in [2.05, 4.69) is 25.9 Å². The Morgan fingerprint density at radius 3 is 2.79 bits per heavy atom. The Hall–Kier alpha value is -0.740. The van der Waals surface area contributed by atoms with Crippen LogP contribution in [0, 0.1) is 12.7 Å². The molecule has 0 unspecified atom stereocenters. The van der Waals surface area contributed by atoms with Crippen molar-refractivity contribution < 1.29 is 4.39 Å². The largest absolute Gasteiger partial charge is 0.232 e. The second-order valence-corrected chi connectivity index (χ2v) is 4.00. The van der Waals surface area contributed by atoms with Gasteiger partial charge >= 0.3 is 0 Å². The Kier molecular flexibility index (Phi) is 2.41. The number of hydrogen-bond acceptors (Lipinski definition) is 2. The second-order valence-electron chi connectivity index (χ2n) is 2.85. The first-order valence-electron chi connectivity index (χ1n) is 3.87. The second kappa shape index (κ2) is 3.44. The molecular weight excluding hydrogens is 270 g/mol. The first kappa shape index (κ1) is 9.80. The van der Waals surface area contributed by atoms with Gasteiger partial charge in [-0.3, -0.25) is 0 Å². The molecule has 1 heterocycles. The number of rotatable bonds is 0. The first-order chi connectivity index (χ1) is 6.58. The smallest absolute Gasteiger partial charge is 0.127 e. The summed E-state index contributed by atoms with van der Waals surface area (Å²) < 4.78 is 13.6. The van der Waals surface area contributed by atoms with Crippen LogP contribution in [0.25, 0.3) is 10.9 Å². The fraction of sp³-hybridized carbons (Fsp3) is 0.111. The van der Waals surface area contributed by atoms with Crippen molar-refractivity contribution in [2.45, 2.75) is 6.92 Å². The van der Waals surface area contributed by atoms with Crippen molar-refractivity contribution >= 4 is 38.4 Å². The number of aromatic nitrogens is 2. The summed E-state index contributed by atoms with van der Waals surface area (Å²) in [7, 11) is 0. The van der Waals surface area contributed by atoms with Gasteiger partial charge in [0.15, 0.2) is 0 Å². The lowest BCUT2D eigenvalue weighted by Gasteiger charge is -2.03. The first-order valence-corrected chi connectivity index (χ1v) is 5.04. The molecule has 0 atom stereocenters. The van der Waals surface area contributed by atoms with Crippen LogP contribution in [-0.2, 0) is 0 Å². The summed E-state index contributed by atoms with van der Waals surface area (Å²) in [5.74, 6) is 0.202. The van der Waals surface area contributed by atoms with Gasteiger partial charge in [0, 0.05) is 5.39 Å². The van der Waals surface area contributed by atoms with Crippen LogP contribution in [0.3, 0.4) is 0 Å². The maximum absolute atomic E-state index is 13.0. The predicted octanol–water partition coefficient (Wildman–Crippen LogP) is 3.49. The van der Waals surface area contributed by atoms with E-state index in [0.29, 0.717) is 26.4 Å². The van der Waals surface area contributed by atoms with E-state index >= 15 is 0 Å². The molecule has 1 aromatic heterocycles. The Labute approximate surface area is 93.3 Å². The average molecular weight is 276 g/mol. The number of benzene rings is 1. The molecule has 0 saturated heterocycles. The zero-order valence-corrected chi connectivity index (χ0v) is 9.52. The van der Waals surface area contributed by atoms with Gasteiger partial charge in [0.25, 0.3) is 0 Å². The van der Waals surface area contributed by atoms with E-state index < -0.39 is 5.82 Å². The number of aryl methyl sites for hydroxylation is 1. The third-order valence-corrected chi connectivity index (χ3v) is 2.68. The third-order valence-electron chi connectivity index (χ3n) is 1.78. The molecule has 0 N–H and O–H groups in total. The molecule has 72 valence electrons. The van der Waals surface area contributed by atoms with Gasteiger partial charge in [0.2, 0.25) is 0 Å². The standard InChI is InChI=1S/C9H5BrClFN2/c1-4-13-8-6(9(10)14-4)2-5(12)3-7(8)11/h2-3H,1H3. The maximum atomic E-state index is 13.0. The SMILES string of the molecule is Cc1nc(Br)c2cc(F)cc(Cl)c2n1. The maximum Gasteiger partial charge on any atom is 0.127 e. The fourth-order valence-corrected chi connectivity index (χ4v) is 2.03. The minimum Gasteiger partial charge on any atom is -0.232 e. The lowest BCUT2D eigenvalue weighted by molar-refractivity contribution is 0.629. The van der Waals surface area contributed by atoms with Crippen LogP contribution >= 0.6 is 27.5 Å². The van der Waals surface area contributed by atoms with E-state index in [-0.39, 0.29) is 0 Å². The Morgan fingerprint density at radius 1 is 1.36 bits per heavy atom. The predicted molar refractivity (Wildman–Crippen MR) is 56.9 cm³/mol. The zero-order chi connectivity index (χ0) is 10.3. The van der Waals surface area contributed by atoms with Crippen molar-refractivity contribution in [3.63, 3.8) is 0 Å². The molecule has 0 bridgehead atoms. The molecule has 0 amide bonds. The number of fused-ring (bicyclic) bond motifs is 1. The Bertz CT molecular complexity index is 468. The highest BCUT2D eigenvalue weighted by Crippen LogP contribution is 2.27. The minimum atomic E-state index is -0.393. The molecule has 0 aliphatic rings. The van der Waals surface area contributed by atoms with E-state index in [0.717, 1.165) is 0 Å². The van der Waals surface area contributed by atoms with Crippen LogP contribution < -0.4 is 0 Å². The molecule has 0 radical (unpaired) electrons. The van der Waals surface area contributed by atoms with Crippen molar-refractivity contribution in [3.8, 4) is 0 Å². The quantitative estimate of drug-likeness (QED) is 0.688. The van der Waals surface area contributed by atoms with Crippen molar-refractivity contribution in [3.05, 3.63) is 33.4 Å². The number of nitrogens with zero attached hydrogens (tertiary/aromatic N) is 2. The van der Waals surface area contributed by atoms with Crippen molar-refractivity contribution in [2.75, 3.05) is 0 Å². The molecular formula is C9H5BrClFN2. The molecule has 0 fully saturated rings. The molecule has 0 spiro atoms. The van der Waals surface area contributed by atoms with Gasteiger partial charge in [-0.25, -0.2) is 14.4 Å². The minimum absolute atomic E-state index is 0.297. The molecule has 5 heteroatoms. The normalized spacial score (nSPS) is 10.9. The summed E-state index contributed by atoms with van der Waals surface area (Å²) in [5.41, 5.74) is 0.562. The van der Waals surface area contributed by atoms with E-state index in [1.54, 1.807) is 6.92 Å². The Balaban J connectivity index is 2.94. The van der Waals surface area contributed by atoms with Crippen molar-refractivity contribution in [1.29, 1.82) is 0 Å². The number of halogens is 3. The van der Waals surface area contributed by atoms with Gasteiger partial charge in [0.05, 0.1) is 10.5 Å². The van der Waals surface area contributed by atoms with Crippen LogP contribution in [0.15, 0.2) is 16.7 Å². The van der Waals surface area contributed by atoms with Gasteiger partial charge in [-0.1, -0.05) is 11.6 Å². The van der Waals surface area contributed by atoms with Crippen LogP contribution in [0.2, 0.25) is 5.02 Å². The lowest BCUT2D eigenvalue weighted by Crippen LogP contribution is -1.92. The lowest BCUT2D eigenvalue weighted by atomic mass is 10.2. The highest BCUT2D eigenvalue weighted by atomic mass is 79.9. The molecule has 0 aliphatic heterocycles. The molecule has 2 nitrogen and oxygen atoms in total. The van der Waals surface area contributed by atoms with Crippen LogP contribution in [-0.4, -0.2) is 9.97 Å². The topological polar surface area (TPSA) is 25.8 Å². The summed E-state index contributed by atoms with van der Waals surface area (Å²) in [5, 5.41) is 0.881. The summed E-state index contributed by atoms with van der Waals surface area (Å²) in [6.07, 6.45) is 0. The highest BCUT2D eigenvalue weighted by molar-refractivity contribution is 9.10. The molecule has 0 aliphatic carbocycles. The van der Waals surface area contributed by atoms with Gasteiger partial charge < -0.3 is 0 Å². The summed E-state index contributed by atoms with van der Waals surface area (Å²) in [6, 6.07) is 2.59. The zero-order valence-electron chi connectivity index (χ0n) is 7.18. The van der Waals surface area contributed by atoms with Crippen LogP contribution in [0.1, 0.15) is 5.82 Å². The average Bonchev–Trinajstić information content (AvgIpc) is 2.07. The molecule has 2 rings (SSSR count). The van der Waals surface area contributed by atoms with Gasteiger partial charge in [-0.15, -0.1) is 0 Å². The molecule has 14 heavy (non-hydrogen) atoms. The van der Waals surface area contributed by atoms with Gasteiger partial charge in [0.1, 0.15) is 16.2 Å². The molecule has 1 aromatic carbocycles. The van der Waals surface area contributed by atoms with Crippen LogP contribution in [0.5, 0.6) is 0 Å². The summed E-state index contributed by atoms with van der Waals surface area (Å²) in [4.78, 5) is 8.20. The van der Waals surface area contributed by atoms with Crippen molar-refractivity contribution in [2.24, 2.45) is 0 Å². The number of hydrogen-bond donors (Lipinski definition) is 0. The fourth-order valence-electron chi connectivity index (χ4n) is 1.23. The molecule has 2 aromatic rings.